The molecule has 17 heavy (non-hydrogen) atoms. The molecule has 0 fully saturated rings. The van der Waals surface area contributed by atoms with Crippen LogP contribution in [0.25, 0.3) is 10.9 Å². The smallest absolute Gasteiger partial charge is 0.320 e. The van der Waals surface area contributed by atoms with Crippen molar-refractivity contribution in [3.63, 3.8) is 0 Å². The molecule has 1 atom stereocenters. The summed E-state index contributed by atoms with van der Waals surface area (Å²) < 4.78 is 0. The molecule has 0 aliphatic carbocycles. The number of carboxylic acid groups (broad SMARTS) is 1. The lowest BCUT2D eigenvalue weighted by molar-refractivity contribution is -0.138. The summed E-state index contributed by atoms with van der Waals surface area (Å²) in [5, 5.41) is 12.9. The Morgan fingerprint density at radius 3 is 3.00 bits per heavy atom. The molecule has 0 saturated carbocycles. The summed E-state index contributed by atoms with van der Waals surface area (Å²) in [6.45, 7) is 2.31. The Morgan fingerprint density at radius 1 is 1.47 bits per heavy atom. The molecule has 0 radical (unpaired) electrons. The Bertz CT molecular complexity index is 519. The molecule has 4 heteroatoms. The monoisotopic (exact) mass is 232 g/mol. The van der Waals surface area contributed by atoms with Gasteiger partial charge in [-0.05, 0) is 25.0 Å². The van der Waals surface area contributed by atoms with Gasteiger partial charge in [-0.15, -0.1) is 0 Å². The Kier molecular flexibility index (Phi) is 3.44. The van der Waals surface area contributed by atoms with Crippen molar-refractivity contribution in [2.45, 2.75) is 19.4 Å². The highest BCUT2D eigenvalue weighted by molar-refractivity contribution is 5.83. The summed E-state index contributed by atoms with van der Waals surface area (Å²) in [6, 6.07) is 7.61. The first-order valence-electron chi connectivity index (χ1n) is 5.69. The second-order valence-electron chi connectivity index (χ2n) is 4.12. The number of rotatable bonds is 5. The highest BCUT2D eigenvalue weighted by Crippen LogP contribution is 2.17. The lowest BCUT2D eigenvalue weighted by atomic mass is 10.1. The molecule has 1 heterocycles. The van der Waals surface area contributed by atoms with E-state index in [2.05, 4.69) is 16.4 Å². The van der Waals surface area contributed by atoms with Gasteiger partial charge in [-0.1, -0.05) is 18.2 Å². The molecule has 4 nitrogen and oxygen atoms in total. The molecule has 1 unspecified atom stereocenters. The summed E-state index contributed by atoms with van der Waals surface area (Å²) in [5.41, 5.74) is 2.33. The van der Waals surface area contributed by atoms with Crippen molar-refractivity contribution >= 4 is 16.9 Å². The summed E-state index contributed by atoms with van der Waals surface area (Å²) >= 11 is 0. The van der Waals surface area contributed by atoms with Crippen molar-refractivity contribution in [3.8, 4) is 0 Å². The molecular formula is C13H16N2O2. The lowest BCUT2D eigenvalue weighted by Gasteiger charge is -2.08. The lowest BCUT2D eigenvalue weighted by Crippen LogP contribution is -2.34. The SMILES string of the molecule is CC(NCCc1c[nH]c2ccccc12)C(=O)O. The van der Waals surface area contributed by atoms with E-state index in [-0.39, 0.29) is 0 Å². The molecule has 0 amide bonds. The molecule has 0 saturated heterocycles. The number of aromatic amines is 1. The van der Waals surface area contributed by atoms with Crippen LogP contribution in [-0.4, -0.2) is 28.6 Å². The van der Waals surface area contributed by atoms with Gasteiger partial charge in [-0.25, -0.2) is 0 Å². The zero-order chi connectivity index (χ0) is 12.3. The highest BCUT2D eigenvalue weighted by Gasteiger charge is 2.09. The number of fused-ring (bicyclic) bond motifs is 1. The third-order valence-corrected chi connectivity index (χ3v) is 2.89. The van der Waals surface area contributed by atoms with Gasteiger partial charge in [0.15, 0.2) is 0 Å². The van der Waals surface area contributed by atoms with E-state index < -0.39 is 12.0 Å². The normalized spacial score (nSPS) is 12.8. The van der Waals surface area contributed by atoms with Gasteiger partial charge < -0.3 is 15.4 Å². The zero-order valence-electron chi connectivity index (χ0n) is 9.73. The van der Waals surface area contributed by atoms with Crippen LogP contribution in [0.1, 0.15) is 12.5 Å². The predicted molar refractivity (Wildman–Crippen MR) is 67.1 cm³/mol. The van der Waals surface area contributed by atoms with E-state index in [1.807, 2.05) is 24.4 Å². The molecule has 0 spiro atoms. The molecule has 90 valence electrons. The van der Waals surface area contributed by atoms with Crippen LogP contribution in [0.15, 0.2) is 30.5 Å². The first-order valence-corrected chi connectivity index (χ1v) is 5.69. The minimum absolute atomic E-state index is 0.500. The largest absolute Gasteiger partial charge is 0.480 e. The average molecular weight is 232 g/mol. The van der Waals surface area contributed by atoms with Crippen LogP contribution < -0.4 is 5.32 Å². The third kappa shape index (κ3) is 2.65. The Morgan fingerprint density at radius 2 is 2.24 bits per heavy atom. The van der Waals surface area contributed by atoms with E-state index in [0.29, 0.717) is 6.54 Å². The maximum Gasteiger partial charge on any atom is 0.320 e. The Balaban J connectivity index is 1.98. The van der Waals surface area contributed by atoms with E-state index in [1.54, 1.807) is 6.92 Å². The van der Waals surface area contributed by atoms with Gasteiger partial charge in [0.2, 0.25) is 0 Å². The Hall–Kier alpha value is -1.81. The quantitative estimate of drug-likeness (QED) is 0.736. The second-order valence-corrected chi connectivity index (χ2v) is 4.12. The number of aliphatic carboxylic acids is 1. The van der Waals surface area contributed by atoms with Crippen molar-refractivity contribution in [1.29, 1.82) is 0 Å². The fourth-order valence-electron chi connectivity index (χ4n) is 1.85. The highest BCUT2D eigenvalue weighted by atomic mass is 16.4. The first kappa shape index (κ1) is 11.7. The number of carboxylic acids is 1. The van der Waals surface area contributed by atoms with Crippen LogP contribution >= 0.6 is 0 Å². The van der Waals surface area contributed by atoms with Crippen LogP contribution in [0.5, 0.6) is 0 Å². The number of para-hydroxylation sites is 1. The molecule has 1 aromatic carbocycles. The van der Waals surface area contributed by atoms with E-state index in [4.69, 9.17) is 5.11 Å². The minimum atomic E-state index is -0.816. The molecule has 0 bridgehead atoms. The number of hydrogen-bond donors (Lipinski definition) is 3. The van der Waals surface area contributed by atoms with Crippen LogP contribution in [-0.2, 0) is 11.2 Å². The molecule has 0 aliphatic rings. The number of carbonyl (C=O) groups is 1. The van der Waals surface area contributed by atoms with Gasteiger partial charge in [0, 0.05) is 23.6 Å². The minimum Gasteiger partial charge on any atom is -0.480 e. The third-order valence-electron chi connectivity index (χ3n) is 2.89. The van der Waals surface area contributed by atoms with Crippen molar-refractivity contribution < 1.29 is 9.90 Å². The summed E-state index contributed by atoms with van der Waals surface area (Å²) in [7, 11) is 0. The summed E-state index contributed by atoms with van der Waals surface area (Å²) in [5.74, 6) is -0.816. The van der Waals surface area contributed by atoms with Gasteiger partial charge in [0.1, 0.15) is 6.04 Å². The predicted octanol–water partition coefficient (Wildman–Crippen LogP) is 1.77. The van der Waals surface area contributed by atoms with Gasteiger partial charge in [-0.3, -0.25) is 4.79 Å². The molecule has 2 rings (SSSR count). The fourth-order valence-corrected chi connectivity index (χ4v) is 1.85. The van der Waals surface area contributed by atoms with Crippen LogP contribution in [0.3, 0.4) is 0 Å². The van der Waals surface area contributed by atoms with E-state index in [1.165, 1.54) is 10.9 Å². The van der Waals surface area contributed by atoms with Gasteiger partial charge >= 0.3 is 5.97 Å². The van der Waals surface area contributed by atoms with Gasteiger partial charge in [0.05, 0.1) is 0 Å². The van der Waals surface area contributed by atoms with Crippen molar-refractivity contribution in [2.24, 2.45) is 0 Å². The van der Waals surface area contributed by atoms with E-state index in [9.17, 15) is 4.79 Å². The molecule has 0 aliphatic heterocycles. The molecule has 2 aromatic rings. The van der Waals surface area contributed by atoms with Crippen molar-refractivity contribution in [2.75, 3.05) is 6.54 Å². The fraction of sp³-hybridized carbons (Fsp3) is 0.308. The number of nitrogens with one attached hydrogen (secondary N) is 2. The van der Waals surface area contributed by atoms with Crippen molar-refractivity contribution in [1.82, 2.24) is 10.3 Å². The Labute approximate surface area is 99.7 Å². The van der Waals surface area contributed by atoms with Gasteiger partial charge in [-0.2, -0.15) is 0 Å². The summed E-state index contributed by atoms with van der Waals surface area (Å²) in [4.78, 5) is 13.8. The standard InChI is InChI=1S/C13H16N2O2/c1-9(13(16)17)14-7-6-10-8-15-12-5-3-2-4-11(10)12/h2-5,8-9,14-15H,6-7H2,1H3,(H,16,17). The zero-order valence-corrected chi connectivity index (χ0v) is 9.73. The number of benzene rings is 1. The number of aromatic nitrogens is 1. The van der Waals surface area contributed by atoms with Crippen molar-refractivity contribution in [3.05, 3.63) is 36.0 Å². The molecule has 1 aromatic heterocycles. The van der Waals surface area contributed by atoms with Crippen LogP contribution in [0.2, 0.25) is 0 Å². The number of H-pyrrole nitrogens is 1. The average Bonchev–Trinajstić information content (AvgIpc) is 2.72. The maximum atomic E-state index is 10.6. The maximum absolute atomic E-state index is 10.6. The van der Waals surface area contributed by atoms with Crippen LogP contribution in [0, 0.1) is 0 Å². The van der Waals surface area contributed by atoms with Crippen LogP contribution in [0.4, 0.5) is 0 Å². The van der Waals surface area contributed by atoms with E-state index in [0.717, 1.165) is 11.9 Å². The van der Waals surface area contributed by atoms with Gasteiger partial charge in [0.25, 0.3) is 0 Å². The first-order chi connectivity index (χ1) is 8.18. The van der Waals surface area contributed by atoms with E-state index >= 15 is 0 Å². The topological polar surface area (TPSA) is 65.1 Å². The molecule has 3 N–H and O–H groups in total. The molecular weight excluding hydrogens is 216 g/mol. The summed E-state index contributed by atoms with van der Waals surface area (Å²) in [6.07, 6.45) is 2.80. The number of hydrogen-bond acceptors (Lipinski definition) is 2. The second kappa shape index (κ2) is 5.01.